The summed E-state index contributed by atoms with van der Waals surface area (Å²) >= 11 is 5.11. The molecule has 3 nitrogen and oxygen atoms in total. The first-order chi connectivity index (χ1) is 9.47. The minimum absolute atomic E-state index is 0.0904. The summed E-state index contributed by atoms with van der Waals surface area (Å²) in [5.74, 6) is -0.235. The van der Waals surface area contributed by atoms with E-state index >= 15 is 0 Å². The maximum atomic E-state index is 13.7. The number of halogens is 2. The highest BCUT2D eigenvalue weighted by Gasteiger charge is 2.11. The highest BCUT2D eigenvalue weighted by Crippen LogP contribution is 2.30. The van der Waals surface area contributed by atoms with E-state index in [1.54, 1.807) is 17.4 Å². The Kier molecular flexibility index (Phi) is 4.88. The number of anilines is 2. The van der Waals surface area contributed by atoms with Crippen LogP contribution in [0.15, 0.2) is 28.1 Å². The molecular weight excluding hydrogens is 343 g/mol. The number of ether oxygens (including phenoxy) is 1. The zero-order valence-corrected chi connectivity index (χ0v) is 13.6. The van der Waals surface area contributed by atoms with Crippen LogP contribution in [0.4, 0.5) is 15.8 Å². The second kappa shape index (κ2) is 6.45. The third kappa shape index (κ3) is 3.64. The van der Waals surface area contributed by atoms with Crippen molar-refractivity contribution in [2.24, 2.45) is 0 Å². The third-order valence-corrected chi connectivity index (χ3v) is 4.52. The van der Waals surface area contributed by atoms with Crippen LogP contribution in [0.5, 0.6) is 5.75 Å². The van der Waals surface area contributed by atoms with Gasteiger partial charge in [0.05, 0.1) is 24.0 Å². The van der Waals surface area contributed by atoms with Gasteiger partial charge in [0.1, 0.15) is 0 Å². The van der Waals surface area contributed by atoms with E-state index in [0.29, 0.717) is 17.9 Å². The summed E-state index contributed by atoms with van der Waals surface area (Å²) in [6.07, 6.45) is -0.0904. The standard InChI is InChI=1S/C14H16BrFN2OS/c1-8(2)19-13-6-12(11(17)5-10(13)16)18-7-14-9(15)3-4-20-14/h3-6,8,18H,7,17H2,1-2H3. The Bertz CT molecular complexity index is 601. The molecule has 1 aromatic carbocycles. The van der Waals surface area contributed by atoms with E-state index in [1.165, 1.54) is 6.07 Å². The van der Waals surface area contributed by atoms with Gasteiger partial charge in [0.2, 0.25) is 0 Å². The molecule has 0 spiro atoms. The van der Waals surface area contributed by atoms with Crippen LogP contribution in [0.1, 0.15) is 18.7 Å². The first-order valence-corrected chi connectivity index (χ1v) is 7.86. The Balaban J connectivity index is 2.16. The number of rotatable bonds is 5. The molecule has 0 aliphatic rings. The molecule has 0 amide bonds. The van der Waals surface area contributed by atoms with Crippen molar-refractivity contribution in [3.8, 4) is 5.75 Å². The summed E-state index contributed by atoms with van der Waals surface area (Å²) in [4.78, 5) is 1.15. The SMILES string of the molecule is CC(C)Oc1cc(NCc2sccc2Br)c(N)cc1F. The fourth-order valence-electron chi connectivity index (χ4n) is 1.69. The van der Waals surface area contributed by atoms with Gasteiger partial charge < -0.3 is 15.8 Å². The van der Waals surface area contributed by atoms with Crippen LogP contribution in [-0.4, -0.2) is 6.10 Å². The van der Waals surface area contributed by atoms with Crippen molar-refractivity contribution < 1.29 is 9.13 Å². The van der Waals surface area contributed by atoms with Crippen LogP contribution in [0, 0.1) is 5.82 Å². The molecule has 0 bridgehead atoms. The molecule has 1 heterocycles. The number of thiophene rings is 1. The molecule has 0 unspecified atom stereocenters. The number of nitrogens with one attached hydrogen (secondary N) is 1. The summed E-state index contributed by atoms with van der Waals surface area (Å²) < 4.78 is 20.2. The maximum Gasteiger partial charge on any atom is 0.167 e. The molecule has 1 aromatic heterocycles. The molecule has 0 atom stereocenters. The molecular formula is C14H16BrFN2OS. The van der Waals surface area contributed by atoms with E-state index in [2.05, 4.69) is 21.2 Å². The van der Waals surface area contributed by atoms with Gasteiger partial charge in [-0.25, -0.2) is 4.39 Å². The second-order valence-corrected chi connectivity index (χ2v) is 6.44. The molecule has 2 rings (SSSR count). The van der Waals surface area contributed by atoms with Gasteiger partial charge in [-0.15, -0.1) is 11.3 Å². The molecule has 108 valence electrons. The van der Waals surface area contributed by atoms with Crippen LogP contribution in [-0.2, 0) is 6.54 Å². The van der Waals surface area contributed by atoms with Crippen molar-refractivity contribution >= 4 is 38.6 Å². The zero-order valence-electron chi connectivity index (χ0n) is 11.2. The van der Waals surface area contributed by atoms with Gasteiger partial charge in [0.25, 0.3) is 0 Å². The lowest BCUT2D eigenvalue weighted by atomic mass is 10.2. The first kappa shape index (κ1) is 15.1. The van der Waals surface area contributed by atoms with Gasteiger partial charge in [0.15, 0.2) is 11.6 Å². The smallest absolute Gasteiger partial charge is 0.167 e. The van der Waals surface area contributed by atoms with Gasteiger partial charge >= 0.3 is 0 Å². The number of hydrogen-bond acceptors (Lipinski definition) is 4. The molecule has 0 radical (unpaired) electrons. The predicted molar refractivity (Wildman–Crippen MR) is 85.9 cm³/mol. The average Bonchev–Trinajstić information content (AvgIpc) is 2.76. The number of nitrogens with two attached hydrogens (primary N) is 1. The van der Waals surface area contributed by atoms with Crippen molar-refractivity contribution in [1.82, 2.24) is 0 Å². The minimum Gasteiger partial charge on any atom is -0.488 e. The second-order valence-electron chi connectivity index (χ2n) is 4.58. The lowest BCUT2D eigenvalue weighted by molar-refractivity contribution is 0.231. The molecule has 0 saturated heterocycles. The van der Waals surface area contributed by atoms with E-state index < -0.39 is 5.82 Å². The Morgan fingerprint density at radius 1 is 1.45 bits per heavy atom. The highest BCUT2D eigenvalue weighted by molar-refractivity contribution is 9.10. The van der Waals surface area contributed by atoms with Crippen molar-refractivity contribution in [1.29, 1.82) is 0 Å². The Morgan fingerprint density at radius 3 is 2.80 bits per heavy atom. The normalized spacial score (nSPS) is 10.8. The maximum absolute atomic E-state index is 13.7. The van der Waals surface area contributed by atoms with E-state index in [9.17, 15) is 4.39 Å². The van der Waals surface area contributed by atoms with Crippen LogP contribution in [0.2, 0.25) is 0 Å². The lowest BCUT2D eigenvalue weighted by Crippen LogP contribution is -2.09. The molecule has 20 heavy (non-hydrogen) atoms. The van der Waals surface area contributed by atoms with Gasteiger partial charge in [0, 0.05) is 21.5 Å². The van der Waals surface area contributed by atoms with E-state index in [4.69, 9.17) is 10.5 Å². The largest absolute Gasteiger partial charge is 0.488 e. The summed E-state index contributed by atoms with van der Waals surface area (Å²) in [5.41, 5.74) is 6.87. The van der Waals surface area contributed by atoms with Gasteiger partial charge in [-0.3, -0.25) is 0 Å². The van der Waals surface area contributed by atoms with Crippen molar-refractivity contribution in [2.75, 3.05) is 11.1 Å². The Morgan fingerprint density at radius 2 is 2.20 bits per heavy atom. The molecule has 2 aromatic rings. The molecule has 0 aliphatic carbocycles. The number of nitrogen functional groups attached to an aromatic ring is 1. The summed E-state index contributed by atoms with van der Waals surface area (Å²) in [6.45, 7) is 4.33. The average molecular weight is 359 g/mol. The van der Waals surface area contributed by atoms with Crippen LogP contribution >= 0.6 is 27.3 Å². The zero-order chi connectivity index (χ0) is 14.7. The molecule has 0 fully saturated rings. The quantitative estimate of drug-likeness (QED) is 0.765. The number of hydrogen-bond donors (Lipinski definition) is 2. The molecule has 3 N–H and O–H groups in total. The Labute approximate surface area is 130 Å². The van der Waals surface area contributed by atoms with Crippen LogP contribution < -0.4 is 15.8 Å². The molecule has 6 heteroatoms. The summed E-state index contributed by atoms with van der Waals surface area (Å²) in [5, 5.41) is 5.21. The van der Waals surface area contributed by atoms with Crippen molar-refractivity contribution in [2.45, 2.75) is 26.5 Å². The van der Waals surface area contributed by atoms with Gasteiger partial charge in [-0.05, 0) is 41.2 Å². The topological polar surface area (TPSA) is 47.3 Å². The first-order valence-electron chi connectivity index (χ1n) is 6.18. The fraction of sp³-hybridized carbons (Fsp3) is 0.286. The van der Waals surface area contributed by atoms with Crippen LogP contribution in [0.25, 0.3) is 0 Å². The van der Waals surface area contributed by atoms with E-state index in [-0.39, 0.29) is 11.9 Å². The van der Waals surface area contributed by atoms with Crippen LogP contribution in [0.3, 0.4) is 0 Å². The van der Waals surface area contributed by atoms with Gasteiger partial charge in [-0.2, -0.15) is 0 Å². The van der Waals surface area contributed by atoms with E-state index in [0.717, 1.165) is 9.35 Å². The molecule has 0 saturated carbocycles. The van der Waals surface area contributed by atoms with E-state index in [1.807, 2.05) is 25.3 Å². The summed E-state index contributed by atoms with van der Waals surface area (Å²) in [7, 11) is 0. The van der Waals surface area contributed by atoms with Gasteiger partial charge in [-0.1, -0.05) is 0 Å². The number of benzene rings is 1. The summed E-state index contributed by atoms with van der Waals surface area (Å²) in [6, 6.07) is 4.87. The lowest BCUT2D eigenvalue weighted by Gasteiger charge is -2.15. The highest BCUT2D eigenvalue weighted by atomic mass is 79.9. The van der Waals surface area contributed by atoms with Crippen molar-refractivity contribution in [3.05, 3.63) is 38.7 Å². The van der Waals surface area contributed by atoms with Crippen molar-refractivity contribution in [3.63, 3.8) is 0 Å². The predicted octanol–water partition coefficient (Wildman–Crippen LogP) is 4.63. The molecule has 0 aliphatic heterocycles. The monoisotopic (exact) mass is 358 g/mol. The third-order valence-electron chi connectivity index (χ3n) is 2.60. The Hall–Kier alpha value is -1.27. The fourth-order valence-corrected chi connectivity index (χ4v) is 3.13. The minimum atomic E-state index is -0.445.